The predicted octanol–water partition coefficient (Wildman–Crippen LogP) is 6.34. The molecule has 0 bridgehead atoms. The lowest BCUT2D eigenvalue weighted by molar-refractivity contribution is -0.111. The molecule has 2 aromatic carbocycles. The zero-order valence-corrected chi connectivity index (χ0v) is 16.3. The Hall–Kier alpha value is -2.35. The Morgan fingerprint density at radius 1 is 1.00 bits per heavy atom. The summed E-state index contributed by atoms with van der Waals surface area (Å²) in [7, 11) is 0. The molecule has 0 fully saturated rings. The molecule has 0 aliphatic rings. The van der Waals surface area contributed by atoms with Gasteiger partial charge in [0.15, 0.2) is 5.78 Å². The summed E-state index contributed by atoms with van der Waals surface area (Å²) in [4.78, 5) is 14.6. The molecule has 0 radical (unpaired) electrons. The van der Waals surface area contributed by atoms with Crippen LogP contribution in [-0.2, 0) is 4.79 Å². The second-order valence-electron chi connectivity index (χ2n) is 6.87. The van der Waals surface area contributed by atoms with Gasteiger partial charge in [-0.2, -0.15) is 0 Å². The fraction of sp³-hybridized carbons (Fsp3) is 0.375. The summed E-state index contributed by atoms with van der Waals surface area (Å²) in [6.45, 7) is 7.08. The number of benzene rings is 2. The lowest BCUT2D eigenvalue weighted by Crippen LogP contribution is -2.25. The monoisotopic (exact) mass is 349 g/mol. The van der Waals surface area contributed by atoms with E-state index in [1.165, 1.54) is 19.3 Å². The first-order valence-electron chi connectivity index (χ1n) is 9.75. The van der Waals surface area contributed by atoms with Gasteiger partial charge in [0.2, 0.25) is 0 Å². The Labute approximate surface area is 158 Å². The predicted molar refractivity (Wildman–Crippen MR) is 112 cm³/mol. The molecule has 0 amide bonds. The van der Waals surface area contributed by atoms with Crippen LogP contribution in [-0.4, -0.2) is 12.3 Å². The Morgan fingerprint density at radius 3 is 2.15 bits per heavy atom. The molecule has 0 heterocycles. The summed E-state index contributed by atoms with van der Waals surface area (Å²) in [6, 6.07) is 20.3. The molecule has 0 aliphatic carbocycles. The van der Waals surface area contributed by atoms with E-state index in [4.69, 9.17) is 0 Å². The maximum Gasteiger partial charge on any atom is 0.161 e. The van der Waals surface area contributed by atoms with Gasteiger partial charge < -0.3 is 4.90 Å². The van der Waals surface area contributed by atoms with Crippen LogP contribution in [0.3, 0.4) is 0 Å². The maximum absolute atomic E-state index is 12.3. The minimum absolute atomic E-state index is 0.0961. The lowest BCUT2D eigenvalue weighted by atomic mass is 9.98. The smallest absolute Gasteiger partial charge is 0.161 e. The zero-order valence-electron chi connectivity index (χ0n) is 16.3. The Kier molecular flexibility index (Phi) is 8.14. The normalized spacial score (nSPS) is 12.7. The Balaban J connectivity index is 2.37. The third-order valence-electron chi connectivity index (χ3n) is 4.84. The van der Waals surface area contributed by atoms with E-state index < -0.39 is 0 Å². The average molecular weight is 350 g/mol. The summed E-state index contributed by atoms with van der Waals surface area (Å²) in [6.07, 6.45) is 6.90. The zero-order chi connectivity index (χ0) is 18.8. The van der Waals surface area contributed by atoms with Gasteiger partial charge in [-0.05, 0) is 37.0 Å². The van der Waals surface area contributed by atoms with Crippen molar-refractivity contribution in [2.45, 2.75) is 46.5 Å². The minimum Gasteiger partial charge on any atom is -0.347 e. The molecule has 2 heteroatoms. The Bertz CT molecular complexity index is 691. The number of hydrogen-bond acceptors (Lipinski definition) is 2. The van der Waals surface area contributed by atoms with Crippen molar-refractivity contribution in [3.8, 4) is 0 Å². The van der Waals surface area contributed by atoms with Crippen molar-refractivity contribution in [3.63, 3.8) is 0 Å². The van der Waals surface area contributed by atoms with Gasteiger partial charge in [0.1, 0.15) is 0 Å². The van der Waals surface area contributed by atoms with Crippen molar-refractivity contribution in [2.24, 2.45) is 5.92 Å². The highest BCUT2D eigenvalue weighted by Crippen LogP contribution is 2.24. The van der Waals surface area contributed by atoms with E-state index in [0.29, 0.717) is 5.92 Å². The summed E-state index contributed by atoms with van der Waals surface area (Å²) < 4.78 is 0. The van der Waals surface area contributed by atoms with Crippen molar-refractivity contribution >= 4 is 17.0 Å². The molecule has 138 valence electrons. The van der Waals surface area contributed by atoms with Crippen LogP contribution in [0.25, 0.3) is 5.57 Å². The molecule has 0 aliphatic heterocycles. The molecule has 26 heavy (non-hydrogen) atoms. The van der Waals surface area contributed by atoms with Crippen molar-refractivity contribution in [1.82, 2.24) is 0 Å². The summed E-state index contributed by atoms with van der Waals surface area (Å²) >= 11 is 0. The van der Waals surface area contributed by atoms with Crippen LogP contribution in [0.1, 0.15) is 52.0 Å². The van der Waals surface area contributed by atoms with E-state index in [1.54, 1.807) is 6.92 Å². The van der Waals surface area contributed by atoms with Gasteiger partial charge in [0.25, 0.3) is 0 Å². The topological polar surface area (TPSA) is 20.3 Å². The van der Waals surface area contributed by atoms with Crippen molar-refractivity contribution in [3.05, 3.63) is 72.4 Å². The number of nitrogens with zero attached hydrogens (tertiary/aromatic N) is 1. The van der Waals surface area contributed by atoms with Gasteiger partial charge in [0, 0.05) is 24.0 Å². The second kappa shape index (κ2) is 10.6. The summed E-state index contributed by atoms with van der Waals surface area (Å²) in [5, 5.41) is 0. The van der Waals surface area contributed by atoms with E-state index in [1.807, 2.05) is 42.6 Å². The maximum atomic E-state index is 12.3. The Morgan fingerprint density at radius 2 is 1.62 bits per heavy atom. The first-order valence-corrected chi connectivity index (χ1v) is 9.75. The quantitative estimate of drug-likeness (QED) is 0.466. The number of anilines is 1. The van der Waals surface area contributed by atoms with Gasteiger partial charge in [-0.3, -0.25) is 4.79 Å². The molecule has 0 saturated carbocycles. The second-order valence-corrected chi connectivity index (χ2v) is 6.87. The van der Waals surface area contributed by atoms with Crippen molar-refractivity contribution in [2.75, 3.05) is 11.4 Å². The number of carbonyl (C=O) groups is 1. The van der Waals surface area contributed by atoms with E-state index >= 15 is 0 Å². The molecule has 1 unspecified atom stereocenters. The van der Waals surface area contributed by atoms with Crippen LogP contribution < -0.4 is 4.90 Å². The molecule has 0 N–H and O–H groups in total. The molecule has 2 rings (SSSR count). The van der Waals surface area contributed by atoms with E-state index in [2.05, 4.69) is 43.0 Å². The average Bonchev–Trinajstić information content (AvgIpc) is 2.68. The minimum atomic E-state index is 0.0961. The van der Waals surface area contributed by atoms with E-state index in [0.717, 1.165) is 29.8 Å². The van der Waals surface area contributed by atoms with Crippen LogP contribution in [0.2, 0.25) is 0 Å². The summed E-state index contributed by atoms with van der Waals surface area (Å²) in [5.41, 5.74) is 2.87. The number of rotatable bonds is 10. The molecule has 2 aromatic rings. The van der Waals surface area contributed by atoms with Crippen LogP contribution in [0.15, 0.2) is 66.9 Å². The number of carbonyl (C=O) groups excluding carboxylic acids is 1. The summed E-state index contributed by atoms with van der Waals surface area (Å²) in [5.74, 6) is 0.717. The number of ketones is 1. The SMILES string of the molecule is CCCCC(CC)CN(/C=C(\C(C)=O)c1ccccc1)c1ccccc1. The fourth-order valence-electron chi connectivity index (χ4n) is 3.19. The number of unbranched alkanes of at least 4 members (excludes halogenated alkanes) is 1. The van der Waals surface area contributed by atoms with Gasteiger partial charge >= 0.3 is 0 Å². The third kappa shape index (κ3) is 5.87. The van der Waals surface area contributed by atoms with Gasteiger partial charge in [-0.25, -0.2) is 0 Å². The van der Waals surface area contributed by atoms with Gasteiger partial charge in [-0.15, -0.1) is 0 Å². The highest BCUT2D eigenvalue weighted by atomic mass is 16.1. The molecule has 0 aromatic heterocycles. The van der Waals surface area contributed by atoms with Crippen LogP contribution in [0.4, 0.5) is 5.69 Å². The van der Waals surface area contributed by atoms with Crippen LogP contribution >= 0.6 is 0 Å². The van der Waals surface area contributed by atoms with E-state index in [-0.39, 0.29) is 5.78 Å². The largest absolute Gasteiger partial charge is 0.347 e. The molecular weight excluding hydrogens is 318 g/mol. The van der Waals surface area contributed by atoms with Crippen molar-refractivity contribution in [1.29, 1.82) is 0 Å². The lowest BCUT2D eigenvalue weighted by Gasteiger charge is -2.27. The first kappa shape index (κ1) is 20.0. The highest BCUT2D eigenvalue weighted by molar-refractivity contribution is 6.19. The molecule has 2 nitrogen and oxygen atoms in total. The molecule has 0 spiro atoms. The van der Waals surface area contributed by atoms with Gasteiger partial charge in [0.05, 0.1) is 0 Å². The number of Topliss-reactive ketones (excluding diaryl/α,β-unsaturated/α-hetero) is 1. The molecule has 1 atom stereocenters. The number of hydrogen-bond donors (Lipinski definition) is 0. The third-order valence-corrected chi connectivity index (χ3v) is 4.84. The first-order chi connectivity index (χ1) is 12.7. The molecular formula is C24H31NO. The number of para-hydroxylation sites is 1. The number of allylic oxidation sites excluding steroid dienone is 1. The van der Waals surface area contributed by atoms with Crippen LogP contribution in [0, 0.1) is 5.92 Å². The highest BCUT2D eigenvalue weighted by Gasteiger charge is 2.15. The molecule has 0 saturated heterocycles. The fourth-order valence-corrected chi connectivity index (χ4v) is 3.19. The van der Waals surface area contributed by atoms with E-state index in [9.17, 15) is 4.79 Å². The van der Waals surface area contributed by atoms with Crippen LogP contribution in [0.5, 0.6) is 0 Å². The standard InChI is InChI=1S/C24H31NO/c1-4-6-13-21(5-2)18-25(23-16-11-8-12-17-23)19-24(20(3)26)22-14-9-7-10-15-22/h7-12,14-17,19,21H,4-6,13,18H2,1-3H3/b24-19+. The van der Waals surface area contributed by atoms with Gasteiger partial charge in [-0.1, -0.05) is 81.6 Å². The van der Waals surface area contributed by atoms with Crippen molar-refractivity contribution < 1.29 is 4.79 Å².